The number of pyridine rings is 1. The molecule has 0 bridgehead atoms. The van der Waals surface area contributed by atoms with Crippen molar-refractivity contribution >= 4 is 11.9 Å². The molecule has 2 heterocycles. The number of likely N-dealkylation sites (tertiary alicyclic amines) is 1. The van der Waals surface area contributed by atoms with Crippen molar-refractivity contribution in [2.45, 2.75) is 65.3 Å². The van der Waals surface area contributed by atoms with Gasteiger partial charge in [-0.05, 0) is 38.7 Å². The number of aromatic nitrogens is 1. The summed E-state index contributed by atoms with van der Waals surface area (Å²) in [6.45, 7) is 8.66. The molecule has 2 rings (SSSR count). The second-order valence-electron chi connectivity index (χ2n) is 7.34. The summed E-state index contributed by atoms with van der Waals surface area (Å²) in [5.41, 5.74) is 0.982. The van der Waals surface area contributed by atoms with E-state index >= 15 is 0 Å². The van der Waals surface area contributed by atoms with Crippen LogP contribution in [0.1, 0.15) is 64.4 Å². The van der Waals surface area contributed by atoms with Gasteiger partial charge in [0.2, 0.25) is 11.8 Å². The molecular weight excluding hydrogens is 366 g/mol. The standard InChI is InChI=1S/C22H37N5O2/c1-3-5-17-29-21-19(11-9-13-24-21)18-26-22(23-4-2)25-14-10-16-27-15-8-6-7-12-20(27)28/h9,11,13H,3-8,10,12,14-18H2,1-2H3,(H2,23,25,26). The van der Waals surface area contributed by atoms with Gasteiger partial charge in [0.1, 0.15) is 0 Å². The predicted octanol–water partition coefficient (Wildman–Crippen LogP) is 3.11. The number of aliphatic imine (C=N–C) groups is 1. The Bertz CT molecular complexity index is 635. The van der Waals surface area contributed by atoms with E-state index in [4.69, 9.17) is 4.74 Å². The van der Waals surface area contributed by atoms with Crippen molar-refractivity contribution in [2.24, 2.45) is 4.99 Å². The summed E-state index contributed by atoms with van der Waals surface area (Å²) in [6, 6.07) is 3.92. The lowest BCUT2D eigenvalue weighted by molar-refractivity contribution is -0.130. The Morgan fingerprint density at radius 3 is 2.97 bits per heavy atom. The van der Waals surface area contributed by atoms with Crippen LogP contribution in [0.25, 0.3) is 0 Å². The van der Waals surface area contributed by atoms with E-state index in [0.29, 0.717) is 31.4 Å². The molecule has 1 saturated heterocycles. The van der Waals surface area contributed by atoms with E-state index in [1.165, 1.54) is 0 Å². The highest BCUT2D eigenvalue weighted by Gasteiger charge is 2.15. The maximum Gasteiger partial charge on any atom is 0.222 e. The molecule has 0 aliphatic carbocycles. The lowest BCUT2D eigenvalue weighted by Gasteiger charge is -2.20. The molecule has 1 aliphatic rings. The zero-order chi connectivity index (χ0) is 20.7. The van der Waals surface area contributed by atoms with Crippen molar-refractivity contribution in [1.29, 1.82) is 0 Å². The number of nitrogens with one attached hydrogen (secondary N) is 2. The third-order valence-electron chi connectivity index (χ3n) is 4.91. The molecule has 1 fully saturated rings. The average molecular weight is 404 g/mol. The van der Waals surface area contributed by atoms with Crippen molar-refractivity contribution in [2.75, 3.05) is 32.8 Å². The first kappa shape index (κ1) is 23.0. The summed E-state index contributed by atoms with van der Waals surface area (Å²) in [5, 5.41) is 6.65. The monoisotopic (exact) mass is 403 g/mol. The molecule has 1 aromatic heterocycles. The van der Waals surface area contributed by atoms with Crippen LogP contribution in [0, 0.1) is 0 Å². The van der Waals surface area contributed by atoms with Gasteiger partial charge >= 0.3 is 0 Å². The minimum absolute atomic E-state index is 0.301. The third-order valence-corrected chi connectivity index (χ3v) is 4.91. The topological polar surface area (TPSA) is 78.9 Å². The Kier molecular flexibility index (Phi) is 10.9. The number of carbonyl (C=O) groups is 1. The number of amides is 1. The van der Waals surface area contributed by atoms with Gasteiger partial charge < -0.3 is 20.3 Å². The predicted molar refractivity (Wildman–Crippen MR) is 117 cm³/mol. The molecule has 2 N–H and O–H groups in total. The number of guanidine groups is 1. The minimum atomic E-state index is 0.301. The van der Waals surface area contributed by atoms with Crippen LogP contribution >= 0.6 is 0 Å². The van der Waals surface area contributed by atoms with E-state index < -0.39 is 0 Å². The van der Waals surface area contributed by atoms with Crippen LogP contribution in [-0.4, -0.2) is 54.5 Å². The number of rotatable bonds is 11. The first-order valence-corrected chi connectivity index (χ1v) is 11.1. The molecule has 0 atom stereocenters. The van der Waals surface area contributed by atoms with E-state index in [1.807, 2.05) is 17.0 Å². The van der Waals surface area contributed by atoms with Crippen molar-refractivity contribution in [3.8, 4) is 5.88 Å². The Morgan fingerprint density at radius 2 is 2.14 bits per heavy atom. The summed E-state index contributed by atoms with van der Waals surface area (Å²) in [4.78, 5) is 23.1. The number of hydrogen-bond acceptors (Lipinski definition) is 4. The molecular formula is C22H37N5O2. The molecule has 1 amide bonds. The van der Waals surface area contributed by atoms with Crippen LogP contribution in [0.5, 0.6) is 5.88 Å². The fraction of sp³-hybridized carbons (Fsp3) is 0.682. The molecule has 1 aliphatic heterocycles. The molecule has 0 aromatic carbocycles. The lowest BCUT2D eigenvalue weighted by atomic mass is 10.2. The fourth-order valence-electron chi connectivity index (χ4n) is 3.25. The summed E-state index contributed by atoms with van der Waals surface area (Å²) < 4.78 is 5.80. The maximum absolute atomic E-state index is 12.1. The van der Waals surface area contributed by atoms with E-state index in [1.54, 1.807) is 6.20 Å². The Labute approximate surface area is 175 Å². The van der Waals surface area contributed by atoms with Gasteiger partial charge in [-0.15, -0.1) is 0 Å². The van der Waals surface area contributed by atoms with Crippen molar-refractivity contribution in [3.05, 3.63) is 23.9 Å². The molecule has 162 valence electrons. The summed E-state index contributed by atoms with van der Waals surface area (Å²) in [5.74, 6) is 1.74. The van der Waals surface area contributed by atoms with E-state index in [9.17, 15) is 4.79 Å². The van der Waals surface area contributed by atoms with Crippen molar-refractivity contribution in [1.82, 2.24) is 20.5 Å². The Hall–Kier alpha value is -2.31. The molecule has 0 radical (unpaired) electrons. The van der Waals surface area contributed by atoms with Gasteiger partial charge in [-0.1, -0.05) is 25.8 Å². The number of hydrogen-bond donors (Lipinski definition) is 2. The van der Waals surface area contributed by atoms with Gasteiger partial charge in [-0.3, -0.25) is 4.79 Å². The van der Waals surface area contributed by atoms with Gasteiger partial charge in [-0.2, -0.15) is 0 Å². The largest absolute Gasteiger partial charge is 0.477 e. The zero-order valence-electron chi connectivity index (χ0n) is 18.1. The van der Waals surface area contributed by atoms with Crippen molar-refractivity contribution < 1.29 is 9.53 Å². The highest BCUT2D eigenvalue weighted by molar-refractivity contribution is 5.79. The smallest absolute Gasteiger partial charge is 0.222 e. The highest BCUT2D eigenvalue weighted by Crippen LogP contribution is 2.16. The summed E-state index contributed by atoms with van der Waals surface area (Å²) in [7, 11) is 0. The van der Waals surface area contributed by atoms with Crippen LogP contribution in [0.3, 0.4) is 0 Å². The van der Waals surface area contributed by atoms with Gasteiger partial charge in [0.25, 0.3) is 0 Å². The summed E-state index contributed by atoms with van der Waals surface area (Å²) >= 11 is 0. The molecule has 0 spiro atoms. The van der Waals surface area contributed by atoms with Crippen LogP contribution in [0.2, 0.25) is 0 Å². The van der Waals surface area contributed by atoms with Gasteiger partial charge in [0, 0.05) is 44.4 Å². The highest BCUT2D eigenvalue weighted by atomic mass is 16.5. The lowest BCUT2D eigenvalue weighted by Crippen LogP contribution is -2.39. The quantitative estimate of drug-likeness (QED) is 0.337. The van der Waals surface area contributed by atoms with Crippen LogP contribution in [-0.2, 0) is 11.3 Å². The van der Waals surface area contributed by atoms with Crippen LogP contribution < -0.4 is 15.4 Å². The van der Waals surface area contributed by atoms with Crippen LogP contribution in [0.15, 0.2) is 23.3 Å². The summed E-state index contributed by atoms with van der Waals surface area (Å²) in [6.07, 6.45) is 8.79. The normalized spacial score (nSPS) is 15.2. The molecule has 0 unspecified atom stereocenters. The second kappa shape index (κ2) is 13.8. The van der Waals surface area contributed by atoms with Gasteiger partial charge in [0.05, 0.1) is 13.2 Å². The van der Waals surface area contributed by atoms with Gasteiger partial charge in [-0.25, -0.2) is 9.98 Å². The number of unbranched alkanes of at least 4 members (excludes halogenated alkanes) is 1. The molecule has 1 aromatic rings. The molecule has 7 heteroatoms. The number of nitrogens with zero attached hydrogens (tertiary/aromatic N) is 3. The average Bonchev–Trinajstić information content (AvgIpc) is 2.94. The first-order chi connectivity index (χ1) is 14.2. The minimum Gasteiger partial charge on any atom is -0.477 e. The second-order valence-corrected chi connectivity index (χ2v) is 7.34. The number of carbonyl (C=O) groups excluding carboxylic acids is 1. The SMILES string of the molecule is CCCCOc1ncccc1CN=C(NCC)NCCCN1CCCCCC1=O. The third kappa shape index (κ3) is 8.71. The van der Waals surface area contributed by atoms with Gasteiger partial charge in [0.15, 0.2) is 5.96 Å². The van der Waals surface area contributed by atoms with Crippen molar-refractivity contribution in [3.63, 3.8) is 0 Å². The Morgan fingerprint density at radius 1 is 1.24 bits per heavy atom. The van der Waals surface area contributed by atoms with Crippen LogP contribution in [0.4, 0.5) is 0 Å². The molecule has 0 saturated carbocycles. The van der Waals surface area contributed by atoms with E-state index in [0.717, 1.165) is 76.2 Å². The molecule has 7 nitrogen and oxygen atoms in total. The first-order valence-electron chi connectivity index (χ1n) is 11.1. The molecule has 29 heavy (non-hydrogen) atoms. The fourth-order valence-corrected chi connectivity index (χ4v) is 3.25. The Balaban J connectivity index is 1.82. The van der Waals surface area contributed by atoms with E-state index in [-0.39, 0.29) is 0 Å². The number of ether oxygens (including phenoxy) is 1. The zero-order valence-corrected chi connectivity index (χ0v) is 18.1. The van der Waals surface area contributed by atoms with E-state index in [2.05, 4.69) is 34.5 Å². The maximum atomic E-state index is 12.1.